The lowest BCUT2D eigenvalue weighted by Crippen LogP contribution is -2.55. The van der Waals surface area contributed by atoms with Gasteiger partial charge in [-0.15, -0.1) is 0 Å². The van der Waals surface area contributed by atoms with E-state index in [0.29, 0.717) is 37.0 Å². The highest BCUT2D eigenvalue weighted by Gasteiger charge is 2.33. The number of rotatable bonds is 5. The molecule has 2 aliphatic rings. The zero-order valence-electron chi connectivity index (χ0n) is 19.7. The first kappa shape index (κ1) is 24.6. The first-order valence-electron chi connectivity index (χ1n) is 11.6. The van der Waals surface area contributed by atoms with Crippen LogP contribution in [0.1, 0.15) is 40.5 Å². The summed E-state index contributed by atoms with van der Waals surface area (Å²) in [7, 11) is 0. The number of benzene rings is 1. The van der Waals surface area contributed by atoms with Crippen molar-refractivity contribution >= 4 is 29.1 Å². The number of ether oxygens (including phenoxy) is 1. The van der Waals surface area contributed by atoms with Crippen molar-refractivity contribution in [3.05, 3.63) is 57.6 Å². The van der Waals surface area contributed by atoms with Crippen LogP contribution < -0.4 is 5.32 Å². The minimum Gasteiger partial charge on any atom is -0.381 e. The van der Waals surface area contributed by atoms with Gasteiger partial charge in [-0.05, 0) is 56.5 Å². The van der Waals surface area contributed by atoms with Crippen LogP contribution in [0.3, 0.4) is 0 Å². The molecule has 2 fully saturated rings. The van der Waals surface area contributed by atoms with Gasteiger partial charge in [-0.2, -0.15) is 0 Å². The number of carbonyl (C=O) groups is 2. The highest BCUT2D eigenvalue weighted by molar-refractivity contribution is 6.31. The summed E-state index contributed by atoms with van der Waals surface area (Å²) in [6, 6.07) is 4.87. The molecule has 2 atom stereocenters. The van der Waals surface area contributed by atoms with Crippen LogP contribution in [0.5, 0.6) is 0 Å². The lowest BCUT2D eigenvalue weighted by Gasteiger charge is -2.41. The number of halogens is 2. The first-order chi connectivity index (χ1) is 16.2. The molecule has 2 amide bonds. The normalized spacial score (nSPS) is 21.0. The summed E-state index contributed by atoms with van der Waals surface area (Å²) < 4.78 is 19.2. The Kier molecular flexibility index (Phi) is 7.50. The van der Waals surface area contributed by atoms with Gasteiger partial charge < -0.3 is 15.0 Å². The van der Waals surface area contributed by atoms with E-state index in [9.17, 15) is 14.0 Å². The fraction of sp³-hybridized carbons (Fsp3) is 0.480. The molecule has 0 radical (unpaired) electrons. The van der Waals surface area contributed by atoms with E-state index >= 15 is 0 Å². The number of amides is 2. The molecular formula is C25H30ClFN4O3. The van der Waals surface area contributed by atoms with Gasteiger partial charge in [0.2, 0.25) is 5.91 Å². The van der Waals surface area contributed by atoms with Crippen molar-refractivity contribution in [2.45, 2.75) is 39.8 Å². The van der Waals surface area contributed by atoms with Crippen LogP contribution in [0.2, 0.25) is 5.02 Å². The molecule has 4 rings (SSSR count). The van der Waals surface area contributed by atoms with E-state index in [1.807, 2.05) is 17.9 Å². The molecule has 0 saturated carbocycles. The molecule has 1 N–H and O–H groups in total. The van der Waals surface area contributed by atoms with Crippen LogP contribution in [0.15, 0.2) is 24.4 Å². The summed E-state index contributed by atoms with van der Waals surface area (Å²) >= 11 is 6.37. The minimum atomic E-state index is -0.525. The molecule has 34 heavy (non-hydrogen) atoms. The summed E-state index contributed by atoms with van der Waals surface area (Å²) in [5, 5.41) is 3.35. The Morgan fingerprint density at radius 2 is 2.06 bits per heavy atom. The molecule has 0 unspecified atom stereocenters. The molecule has 3 heterocycles. The summed E-state index contributed by atoms with van der Waals surface area (Å²) in [4.78, 5) is 33.7. The van der Waals surface area contributed by atoms with Gasteiger partial charge in [0.05, 0.1) is 23.8 Å². The fourth-order valence-corrected chi connectivity index (χ4v) is 4.80. The highest BCUT2D eigenvalue weighted by Crippen LogP contribution is 2.28. The topological polar surface area (TPSA) is 74.8 Å². The van der Waals surface area contributed by atoms with Crippen molar-refractivity contribution in [1.29, 1.82) is 0 Å². The summed E-state index contributed by atoms with van der Waals surface area (Å²) in [5.41, 5.74) is 2.85. The second-order valence-corrected chi connectivity index (χ2v) is 9.60. The van der Waals surface area contributed by atoms with Crippen LogP contribution in [-0.4, -0.2) is 65.5 Å². The van der Waals surface area contributed by atoms with Gasteiger partial charge in [0.25, 0.3) is 5.91 Å². The first-order valence-corrected chi connectivity index (χ1v) is 11.9. The third kappa shape index (κ3) is 5.40. The maximum atomic E-state index is 13.8. The number of piperazine rings is 1. The number of hydrogen-bond acceptors (Lipinski definition) is 5. The van der Waals surface area contributed by atoms with Crippen LogP contribution in [-0.2, 0) is 16.1 Å². The maximum Gasteiger partial charge on any atom is 0.257 e. The van der Waals surface area contributed by atoms with E-state index in [-0.39, 0.29) is 29.1 Å². The van der Waals surface area contributed by atoms with Crippen molar-refractivity contribution in [3.63, 3.8) is 0 Å². The standard InChI is InChI=1S/C25H30ClFN4O3/c1-15-12-30(5-6-31(15)25(33)18-4-7-34-14-18)13-20-8-21(26)10-23(16(20)2)29-24(32)19-9-22(27)17(3)28-11-19/h8-11,15,18H,4-7,12-14H2,1-3H3,(H,29,32)/t15-,18-/m0/s1. The molecule has 9 heteroatoms. The van der Waals surface area contributed by atoms with Crippen LogP contribution in [0.25, 0.3) is 0 Å². The average molecular weight is 489 g/mol. The van der Waals surface area contributed by atoms with Crippen LogP contribution >= 0.6 is 11.6 Å². The predicted molar refractivity (Wildman–Crippen MR) is 128 cm³/mol. The zero-order valence-corrected chi connectivity index (χ0v) is 20.5. The largest absolute Gasteiger partial charge is 0.381 e. The van der Waals surface area contributed by atoms with E-state index in [1.165, 1.54) is 12.3 Å². The number of carbonyl (C=O) groups excluding carboxylic acids is 2. The number of anilines is 1. The van der Waals surface area contributed by atoms with Gasteiger partial charge in [-0.1, -0.05) is 11.6 Å². The highest BCUT2D eigenvalue weighted by atomic mass is 35.5. The van der Waals surface area contributed by atoms with Gasteiger partial charge >= 0.3 is 0 Å². The summed E-state index contributed by atoms with van der Waals surface area (Å²) in [6.45, 7) is 9.56. The Balaban J connectivity index is 1.43. The summed E-state index contributed by atoms with van der Waals surface area (Å²) in [5.74, 6) is -0.800. The zero-order chi connectivity index (χ0) is 24.4. The lowest BCUT2D eigenvalue weighted by molar-refractivity contribution is -0.140. The molecule has 1 aromatic carbocycles. The number of nitrogens with one attached hydrogen (secondary N) is 1. The van der Waals surface area contributed by atoms with E-state index in [2.05, 4.69) is 22.1 Å². The Labute approximate surface area is 204 Å². The van der Waals surface area contributed by atoms with Gasteiger partial charge in [0.1, 0.15) is 5.82 Å². The number of pyridine rings is 1. The molecule has 1 aromatic heterocycles. The Bertz CT molecular complexity index is 1090. The fourth-order valence-electron chi connectivity index (χ4n) is 4.56. The molecule has 2 aliphatic heterocycles. The number of hydrogen-bond donors (Lipinski definition) is 1. The van der Waals surface area contributed by atoms with Crippen LogP contribution in [0, 0.1) is 25.6 Å². The molecule has 0 spiro atoms. The average Bonchev–Trinajstić information content (AvgIpc) is 3.33. The number of aromatic nitrogens is 1. The molecular weight excluding hydrogens is 459 g/mol. The second-order valence-electron chi connectivity index (χ2n) is 9.16. The Morgan fingerprint density at radius 3 is 2.74 bits per heavy atom. The van der Waals surface area contributed by atoms with Gasteiger partial charge in [0.15, 0.2) is 0 Å². The maximum absolute atomic E-state index is 13.8. The molecule has 2 aromatic rings. The molecule has 0 bridgehead atoms. The molecule has 7 nitrogen and oxygen atoms in total. The molecule has 2 saturated heterocycles. The van der Waals surface area contributed by atoms with E-state index in [0.717, 1.165) is 30.6 Å². The smallest absolute Gasteiger partial charge is 0.257 e. The second kappa shape index (κ2) is 10.4. The van der Waals surface area contributed by atoms with E-state index in [4.69, 9.17) is 16.3 Å². The van der Waals surface area contributed by atoms with Crippen molar-refractivity contribution in [1.82, 2.24) is 14.8 Å². The number of nitrogens with zero attached hydrogens (tertiary/aromatic N) is 3. The Morgan fingerprint density at radius 1 is 1.26 bits per heavy atom. The lowest BCUT2D eigenvalue weighted by atomic mass is 10.0. The summed E-state index contributed by atoms with van der Waals surface area (Å²) in [6.07, 6.45) is 2.15. The minimum absolute atomic E-state index is 0.0208. The van der Waals surface area contributed by atoms with Crippen molar-refractivity contribution < 1.29 is 18.7 Å². The Hall–Kier alpha value is -2.55. The van der Waals surface area contributed by atoms with E-state index < -0.39 is 11.7 Å². The third-order valence-electron chi connectivity index (χ3n) is 6.68. The van der Waals surface area contributed by atoms with Gasteiger partial charge in [0, 0.05) is 55.7 Å². The molecule has 182 valence electrons. The SMILES string of the molecule is Cc1ncc(C(=O)Nc2cc(Cl)cc(CN3CCN(C(=O)[C@H]4CCOC4)[C@@H](C)C3)c2C)cc1F. The third-order valence-corrected chi connectivity index (χ3v) is 6.90. The quantitative estimate of drug-likeness (QED) is 0.692. The number of aryl methyl sites for hydroxylation is 1. The van der Waals surface area contributed by atoms with Crippen molar-refractivity contribution in [3.8, 4) is 0 Å². The van der Waals surface area contributed by atoms with Crippen LogP contribution in [0.4, 0.5) is 10.1 Å². The van der Waals surface area contributed by atoms with Crippen molar-refractivity contribution in [2.75, 3.05) is 38.2 Å². The van der Waals surface area contributed by atoms with Gasteiger partial charge in [-0.3, -0.25) is 19.5 Å². The van der Waals surface area contributed by atoms with Crippen molar-refractivity contribution in [2.24, 2.45) is 5.92 Å². The predicted octanol–water partition coefficient (Wildman–Crippen LogP) is 3.81. The van der Waals surface area contributed by atoms with E-state index in [1.54, 1.807) is 13.0 Å². The monoisotopic (exact) mass is 488 g/mol. The van der Waals surface area contributed by atoms with Gasteiger partial charge in [-0.25, -0.2) is 4.39 Å². The molecule has 0 aliphatic carbocycles.